The molecule has 0 aliphatic carbocycles. The summed E-state index contributed by atoms with van der Waals surface area (Å²) >= 11 is 0. The van der Waals surface area contributed by atoms with Gasteiger partial charge in [-0.05, 0) is 24.3 Å². The van der Waals surface area contributed by atoms with Crippen LogP contribution in [0.15, 0.2) is 24.3 Å². The van der Waals surface area contributed by atoms with Crippen molar-refractivity contribution < 1.29 is 28.2 Å². The zero-order valence-electron chi connectivity index (χ0n) is 10.4. The molecule has 0 saturated carbocycles. The number of carbonyl (C=O) groups is 3. The van der Waals surface area contributed by atoms with Gasteiger partial charge in [0.05, 0.1) is 6.54 Å². The second-order valence-electron chi connectivity index (χ2n) is 3.65. The fourth-order valence-corrected chi connectivity index (χ4v) is 1.10. The molecule has 20 heavy (non-hydrogen) atoms. The maximum Gasteiger partial charge on any atom is 0.344 e. The van der Waals surface area contributed by atoms with Gasteiger partial charge in [0.2, 0.25) is 5.91 Å². The Morgan fingerprint density at radius 3 is 2.40 bits per heavy atom. The Balaban J connectivity index is 2.21. The second kappa shape index (κ2) is 7.72. The summed E-state index contributed by atoms with van der Waals surface area (Å²) in [6.07, 6.45) is 0. The Labute approximate surface area is 113 Å². The molecule has 1 aromatic carbocycles. The van der Waals surface area contributed by atoms with Crippen molar-refractivity contribution in [2.45, 2.75) is 0 Å². The highest BCUT2D eigenvalue weighted by molar-refractivity contribution is 5.85. The van der Waals surface area contributed by atoms with Crippen molar-refractivity contribution >= 4 is 17.8 Å². The van der Waals surface area contributed by atoms with Crippen LogP contribution in [0.3, 0.4) is 0 Å². The molecule has 2 amide bonds. The molecule has 108 valence electrons. The fraction of sp³-hybridized carbons (Fsp3) is 0.250. The Kier molecular flexibility index (Phi) is 5.95. The molecule has 1 rings (SSSR count). The second-order valence-corrected chi connectivity index (χ2v) is 3.65. The lowest BCUT2D eigenvalue weighted by Crippen LogP contribution is -2.36. The first-order chi connectivity index (χ1) is 9.47. The molecule has 1 aromatic rings. The molecule has 0 spiro atoms. The predicted molar refractivity (Wildman–Crippen MR) is 65.1 cm³/mol. The molecular formula is C12H13FN2O5. The first kappa shape index (κ1) is 15.4. The van der Waals surface area contributed by atoms with Gasteiger partial charge in [-0.3, -0.25) is 9.59 Å². The highest BCUT2D eigenvalue weighted by atomic mass is 19.1. The molecule has 0 saturated heterocycles. The molecular weight excluding hydrogens is 271 g/mol. The molecule has 7 nitrogen and oxygen atoms in total. The molecule has 3 N–H and O–H groups in total. The van der Waals surface area contributed by atoms with Crippen LogP contribution in [0.4, 0.5) is 4.39 Å². The quantitative estimate of drug-likeness (QED) is 0.647. The third kappa shape index (κ3) is 6.34. The third-order valence-electron chi connectivity index (χ3n) is 1.99. The Hall–Kier alpha value is -2.64. The summed E-state index contributed by atoms with van der Waals surface area (Å²) in [5, 5.41) is 2.14. The van der Waals surface area contributed by atoms with Crippen LogP contribution in [-0.2, 0) is 19.1 Å². The van der Waals surface area contributed by atoms with Crippen molar-refractivity contribution in [1.29, 1.82) is 0 Å². The molecule has 0 radical (unpaired) electrons. The lowest BCUT2D eigenvalue weighted by Gasteiger charge is -2.07. The van der Waals surface area contributed by atoms with Gasteiger partial charge in [-0.2, -0.15) is 0 Å². The van der Waals surface area contributed by atoms with Crippen LogP contribution < -0.4 is 15.8 Å². The number of amides is 2. The average molecular weight is 284 g/mol. The van der Waals surface area contributed by atoms with Crippen LogP contribution in [0.1, 0.15) is 0 Å². The topological polar surface area (TPSA) is 108 Å². The summed E-state index contributed by atoms with van der Waals surface area (Å²) < 4.78 is 22.2. The van der Waals surface area contributed by atoms with E-state index in [1.807, 2.05) is 0 Å². The van der Waals surface area contributed by atoms with Crippen LogP contribution in [-0.4, -0.2) is 37.5 Å². The standard InChI is InChI=1S/C12H13FN2O5/c13-8-1-3-9(4-2-8)19-7-12(18)20-6-11(17)15-5-10(14)16/h1-4H,5-7H2,(H2,14,16)(H,15,17). The lowest BCUT2D eigenvalue weighted by molar-refractivity contribution is -0.150. The van der Waals surface area contributed by atoms with E-state index in [0.717, 1.165) is 0 Å². The molecule has 0 aliphatic heterocycles. The van der Waals surface area contributed by atoms with Gasteiger partial charge >= 0.3 is 5.97 Å². The Bertz CT molecular complexity index is 489. The van der Waals surface area contributed by atoms with Crippen molar-refractivity contribution in [2.24, 2.45) is 5.73 Å². The molecule has 0 fully saturated rings. The number of nitrogens with two attached hydrogens (primary N) is 1. The third-order valence-corrected chi connectivity index (χ3v) is 1.99. The van der Waals surface area contributed by atoms with Gasteiger partial charge < -0.3 is 20.5 Å². The highest BCUT2D eigenvalue weighted by Gasteiger charge is 2.09. The van der Waals surface area contributed by atoms with Crippen molar-refractivity contribution in [3.63, 3.8) is 0 Å². The number of esters is 1. The first-order valence-corrected chi connectivity index (χ1v) is 5.56. The van der Waals surface area contributed by atoms with Crippen LogP contribution >= 0.6 is 0 Å². The van der Waals surface area contributed by atoms with Crippen LogP contribution in [0.5, 0.6) is 5.75 Å². The van der Waals surface area contributed by atoms with Gasteiger partial charge in [0, 0.05) is 0 Å². The summed E-state index contributed by atoms with van der Waals surface area (Å²) in [5.74, 6) is -2.26. The van der Waals surface area contributed by atoms with Gasteiger partial charge in [-0.25, -0.2) is 9.18 Å². The van der Waals surface area contributed by atoms with E-state index >= 15 is 0 Å². The number of nitrogens with one attached hydrogen (secondary N) is 1. The van der Waals surface area contributed by atoms with Crippen LogP contribution in [0.2, 0.25) is 0 Å². The molecule has 0 aliphatic rings. The maximum absolute atomic E-state index is 12.6. The lowest BCUT2D eigenvalue weighted by atomic mass is 10.3. The summed E-state index contributed by atoms with van der Waals surface area (Å²) in [6, 6.07) is 5.06. The summed E-state index contributed by atoms with van der Waals surface area (Å²) in [7, 11) is 0. The Morgan fingerprint density at radius 2 is 1.80 bits per heavy atom. The zero-order chi connectivity index (χ0) is 15.0. The number of ether oxygens (including phenoxy) is 2. The van der Waals surface area contributed by atoms with E-state index in [-0.39, 0.29) is 6.54 Å². The fourth-order valence-electron chi connectivity index (χ4n) is 1.10. The van der Waals surface area contributed by atoms with Gasteiger partial charge in [-0.15, -0.1) is 0 Å². The van der Waals surface area contributed by atoms with E-state index in [2.05, 4.69) is 10.1 Å². The van der Waals surface area contributed by atoms with Crippen LogP contribution in [0, 0.1) is 5.82 Å². The van der Waals surface area contributed by atoms with Gasteiger partial charge in [0.25, 0.3) is 5.91 Å². The minimum atomic E-state index is -0.774. The normalized spacial score (nSPS) is 9.65. The largest absolute Gasteiger partial charge is 0.482 e. The maximum atomic E-state index is 12.6. The molecule has 0 heterocycles. The summed E-state index contributed by atoms with van der Waals surface area (Å²) in [5.41, 5.74) is 4.81. The first-order valence-electron chi connectivity index (χ1n) is 5.56. The number of primary amides is 1. The number of benzene rings is 1. The number of hydrogen-bond donors (Lipinski definition) is 2. The monoisotopic (exact) mass is 284 g/mol. The molecule has 0 atom stereocenters. The molecule has 0 aromatic heterocycles. The van der Waals surface area contributed by atoms with E-state index in [9.17, 15) is 18.8 Å². The highest BCUT2D eigenvalue weighted by Crippen LogP contribution is 2.10. The minimum Gasteiger partial charge on any atom is -0.482 e. The van der Waals surface area contributed by atoms with E-state index in [1.54, 1.807) is 0 Å². The number of rotatable bonds is 7. The summed E-state index contributed by atoms with van der Waals surface area (Å²) in [6.45, 7) is -1.30. The molecule has 0 unspecified atom stereocenters. The van der Waals surface area contributed by atoms with Crippen molar-refractivity contribution in [3.05, 3.63) is 30.1 Å². The van der Waals surface area contributed by atoms with E-state index in [0.29, 0.717) is 5.75 Å². The zero-order valence-corrected chi connectivity index (χ0v) is 10.4. The molecule has 8 heteroatoms. The van der Waals surface area contributed by atoms with E-state index in [4.69, 9.17) is 10.5 Å². The van der Waals surface area contributed by atoms with Crippen molar-refractivity contribution in [2.75, 3.05) is 19.8 Å². The van der Waals surface area contributed by atoms with E-state index < -0.39 is 36.8 Å². The van der Waals surface area contributed by atoms with Gasteiger partial charge in [-0.1, -0.05) is 0 Å². The van der Waals surface area contributed by atoms with Crippen LogP contribution in [0.25, 0.3) is 0 Å². The predicted octanol–water partition coefficient (Wildman–Crippen LogP) is -0.651. The number of halogens is 1. The smallest absolute Gasteiger partial charge is 0.344 e. The number of hydrogen-bond acceptors (Lipinski definition) is 5. The number of carbonyl (C=O) groups excluding carboxylic acids is 3. The van der Waals surface area contributed by atoms with E-state index in [1.165, 1.54) is 24.3 Å². The van der Waals surface area contributed by atoms with Gasteiger partial charge in [0.15, 0.2) is 13.2 Å². The average Bonchev–Trinajstić information content (AvgIpc) is 2.42. The van der Waals surface area contributed by atoms with Crippen molar-refractivity contribution in [3.8, 4) is 5.75 Å². The van der Waals surface area contributed by atoms with Gasteiger partial charge in [0.1, 0.15) is 11.6 Å². The Morgan fingerprint density at radius 1 is 1.15 bits per heavy atom. The SMILES string of the molecule is NC(=O)CNC(=O)COC(=O)COc1ccc(F)cc1. The minimum absolute atomic E-state index is 0.293. The van der Waals surface area contributed by atoms with Crippen molar-refractivity contribution in [1.82, 2.24) is 5.32 Å². The molecule has 0 bridgehead atoms. The summed E-state index contributed by atoms with van der Waals surface area (Å²) in [4.78, 5) is 32.7.